The highest BCUT2D eigenvalue weighted by atomic mass is 35.5. The quantitative estimate of drug-likeness (QED) is 0.272. The Bertz CT molecular complexity index is 706. The molecule has 0 aliphatic carbocycles. The van der Waals surface area contributed by atoms with E-state index >= 15 is 0 Å². The first kappa shape index (κ1) is 29.5. The zero-order chi connectivity index (χ0) is 25.0. The van der Waals surface area contributed by atoms with Gasteiger partial charge in [-0.2, -0.15) is 0 Å². The molecule has 33 heavy (non-hydrogen) atoms. The van der Waals surface area contributed by atoms with Crippen molar-refractivity contribution < 1.29 is 28.8 Å². The Labute approximate surface area is 203 Å². The summed E-state index contributed by atoms with van der Waals surface area (Å²) in [6, 6.07) is 5.38. The molecule has 0 aliphatic rings. The smallest absolute Gasteiger partial charge is 0.265 e. The Kier molecular flexibility index (Phi) is 13.7. The Balaban J connectivity index is 2.80. The molecular formula is C24H41ClN2O6. The van der Waals surface area contributed by atoms with Crippen LogP contribution in [0.2, 0.25) is 0 Å². The zero-order valence-electron chi connectivity index (χ0n) is 20.8. The molecule has 1 aromatic rings. The lowest BCUT2D eigenvalue weighted by atomic mass is 9.83. The van der Waals surface area contributed by atoms with Crippen molar-refractivity contribution in [3.05, 3.63) is 23.8 Å². The molecule has 1 aromatic carbocycles. The first-order valence-electron chi connectivity index (χ1n) is 11.4. The van der Waals surface area contributed by atoms with Crippen molar-refractivity contribution in [2.45, 2.75) is 58.3 Å². The number of benzene rings is 1. The molecule has 0 aromatic heterocycles. The van der Waals surface area contributed by atoms with Gasteiger partial charge in [-0.05, 0) is 49.3 Å². The van der Waals surface area contributed by atoms with Crippen molar-refractivity contribution >= 4 is 17.7 Å². The number of halogens is 1. The molecule has 0 unspecified atom stereocenters. The fourth-order valence-electron chi connectivity index (χ4n) is 3.43. The van der Waals surface area contributed by atoms with E-state index in [4.69, 9.17) is 36.5 Å². The van der Waals surface area contributed by atoms with Crippen molar-refractivity contribution in [1.82, 2.24) is 4.42 Å². The fourth-order valence-corrected chi connectivity index (χ4v) is 3.71. The van der Waals surface area contributed by atoms with Crippen LogP contribution in [0.25, 0.3) is 0 Å². The minimum absolute atomic E-state index is 0.0674. The minimum Gasteiger partial charge on any atom is -0.493 e. The number of amides is 1. The van der Waals surface area contributed by atoms with E-state index in [2.05, 4.69) is 13.8 Å². The molecule has 0 heterocycles. The van der Waals surface area contributed by atoms with Gasteiger partial charge in [0.15, 0.2) is 11.5 Å². The van der Waals surface area contributed by atoms with Gasteiger partial charge in [0.1, 0.15) is 6.10 Å². The van der Waals surface area contributed by atoms with Gasteiger partial charge in [0.2, 0.25) is 0 Å². The van der Waals surface area contributed by atoms with Crippen LogP contribution in [0, 0.1) is 11.8 Å². The molecule has 0 spiro atoms. The third-order valence-corrected chi connectivity index (χ3v) is 6.08. The summed E-state index contributed by atoms with van der Waals surface area (Å²) in [7, 11) is 4.71. The fraction of sp³-hybridized carbons (Fsp3) is 0.708. The summed E-state index contributed by atoms with van der Waals surface area (Å²) in [6.07, 6.45) is 0.491. The predicted molar refractivity (Wildman–Crippen MR) is 130 cm³/mol. The number of nitrogens with zero attached hydrogens (tertiary/aromatic N) is 1. The Morgan fingerprint density at radius 3 is 2.42 bits per heavy atom. The van der Waals surface area contributed by atoms with E-state index in [0.29, 0.717) is 37.1 Å². The van der Waals surface area contributed by atoms with Crippen LogP contribution < -0.4 is 15.2 Å². The van der Waals surface area contributed by atoms with Crippen LogP contribution in [0.15, 0.2) is 18.2 Å². The molecule has 0 fully saturated rings. The Hall–Kier alpha value is -1.58. The monoisotopic (exact) mass is 488 g/mol. The molecule has 0 radical (unpaired) electrons. The second-order valence-electron chi connectivity index (χ2n) is 8.62. The lowest BCUT2D eigenvalue weighted by molar-refractivity contribution is -0.137. The highest BCUT2D eigenvalue weighted by Gasteiger charge is 2.27. The molecule has 190 valence electrons. The zero-order valence-corrected chi connectivity index (χ0v) is 21.5. The first-order chi connectivity index (χ1) is 15.6. The van der Waals surface area contributed by atoms with Crippen LogP contribution in [-0.2, 0) is 20.7 Å². The van der Waals surface area contributed by atoms with E-state index < -0.39 is 24.2 Å². The average molecular weight is 489 g/mol. The van der Waals surface area contributed by atoms with E-state index in [0.717, 1.165) is 22.8 Å². The van der Waals surface area contributed by atoms with Crippen molar-refractivity contribution in [3.8, 4) is 11.5 Å². The van der Waals surface area contributed by atoms with E-state index in [1.165, 1.54) is 7.11 Å². The minimum atomic E-state index is -0.952. The lowest BCUT2D eigenvalue weighted by Crippen LogP contribution is -2.45. The second kappa shape index (κ2) is 15.3. The number of carbonyl (C=O) groups is 1. The van der Waals surface area contributed by atoms with E-state index in [9.17, 15) is 9.90 Å². The normalized spacial score (nSPS) is 15.1. The third-order valence-electron chi connectivity index (χ3n) is 5.78. The average Bonchev–Trinajstić information content (AvgIpc) is 2.80. The van der Waals surface area contributed by atoms with Gasteiger partial charge < -0.3 is 29.8 Å². The van der Waals surface area contributed by atoms with E-state index in [1.807, 2.05) is 18.2 Å². The summed E-state index contributed by atoms with van der Waals surface area (Å²) in [5.41, 5.74) is 7.40. The van der Waals surface area contributed by atoms with Crippen LogP contribution in [0.4, 0.5) is 0 Å². The van der Waals surface area contributed by atoms with Gasteiger partial charge in [-0.1, -0.05) is 19.9 Å². The number of ether oxygens (including phenoxy) is 4. The van der Waals surface area contributed by atoms with Crippen LogP contribution in [0.3, 0.4) is 0 Å². The van der Waals surface area contributed by atoms with Gasteiger partial charge in [0.05, 0.1) is 26.4 Å². The molecule has 3 N–H and O–H groups in total. The topological polar surface area (TPSA) is 103 Å². The SMILES string of the molecule is COCCCOc1cc(C[C@@H](C[C@H](N)[C@@H](O)CN(Cl)C(=O)[C@@H](C)OC)C(C)C)ccc1OC. The lowest BCUT2D eigenvalue weighted by Gasteiger charge is -2.29. The van der Waals surface area contributed by atoms with Gasteiger partial charge in [0.25, 0.3) is 5.91 Å². The molecule has 0 saturated carbocycles. The van der Waals surface area contributed by atoms with Gasteiger partial charge in [0, 0.05) is 45.1 Å². The number of rotatable bonds is 16. The second-order valence-corrected chi connectivity index (χ2v) is 9.02. The molecule has 0 bridgehead atoms. The van der Waals surface area contributed by atoms with E-state index in [-0.39, 0.29) is 12.5 Å². The van der Waals surface area contributed by atoms with Gasteiger partial charge in [-0.25, -0.2) is 4.42 Å². The summed E-state index contributed by atoms with van der Waals surface area (Å²) >= 11 is 6.03. The summed E-state index contributed by atoms with van der Waals surface area (Å²) in [5, 5.41) is 10.6. The Morgan fingerprint density at radius 2 is 1.85 bits per heavy atom. The maximum absolute atomic E-state index is 12.1. The van der Waals surface area contributed by atoms with Crippen LogP contribution in [0.1, 0.15) is 39.2 Å². The molecule has 0 aliphatic heterocycles. The van der Waals surface area contributed by atoms with Crippen molar-refractivity contribution in [2.75, 3.05) is 41.1 Å². The highest BCUT2D eigenvalue weighted by molar-refractivity contribution is 6.21. The third kappa shape index (κ3) is 10.1. The van der Waals surface area contributed by atoms with Gasteiger partial charge >= 0.3 is 0 Å². The maximum atomic E-state index is 12.1. The van der Waals surface area contributed by atoms with Crippen LogP contribution in [-0.4, -0.2) is 74.8 Å². The summed E-state index contributed by atoms with van der Waals surface area (Å²) in [6.45, 7) is 6.96. The number of methoxy groups -OCH3 is 3. The molecule has 4 atom stereocenters. The van der Waals surface area contributed by atoms with Gasteiger partial charge in [-0.15, -0.1) is 0 Å². The molecule has 8 nitrogen and oxygen atoms in total. The number of aliphatic hydroxyl groups is 1. The Morgan fingerprint density at radius 1 is 1.15 bits per heavy atom. The first-order valence-corrected chi connectivity index (χ1v) is 11.7. The van der Waals surface area contributed by atoms with Crippen molar-refractivity contribution in [3.63, 3.8) is 0 Å². The number of hydrogen-bond donors (Lipinski definition) is 2. The molecule has 9 heteroatoms. The molecular weight excluding hydrogens is 448 g/mol. The predicted octanol–water partition coefficient (Wildman–Crippen LogP) is 3.02. The van der Waals surface area contributed by atoms with Crippen molar-refractivity contribution in [1.29, 1.82) is 0 Å². The number of aliphatic hydroxyl groups excluding tert-OH is 1. The number of carbonyl (C=O) groups excluding carboxylic acids is 1. The summed E-state index contributed by atoms with van der Waals surface area (Å²) in [5.74, 6) is 1.51. The number of hydrogen-bond acceptors (Lipinski definition) is 7. The van der Waals surface area contributed by atoms with Gasteiger partial charge in [-0.3, -0.25) is 4.79 Å². The van der Waals surface area contributed by atoms with Crippen LogP contribution in [0.5, 0.6) is 11.5 Å². The summed E-state index contributed by atoms with van der Waals surface area (Å²) in [4.78, 5) is 12.1. The summed E-state index contributed by atoms with van der Waals surface area (Å²) < 4.78 is 22.3. The standard InChI is InChI=1S/C24H41ClN2O6/c1-16(2)19(14-20(26)21(28)15-27(25)24(29)17(3)31-5)12-18-8-9-22(32-6)23(13-18)33-11-7-10-30-4/h8-9,13,16-17,19-21,28H,7,10-12,14-15,26H2,1-6H3/t17-,19+,20+,21+/m1/s1. The van der Waals surface area contributed by atoms with E-state index in [1.54, 1.807) is 21.1 Å². The van der Waals surface area contributed by atoms with Crippen LogP contribution >= 0.6 is 11.8 Å². The molecule has 1 amide bonds. The number of nitrogens with two attached hydrogens (primary N) is 1. The molecule has 0 saturated heterocycles. The highest BCUT2D eigenvalue weighted by Crippen LogP contribution is 2.31. The van der Waals surface area contributed by atoms with Crippen molar-refractivity contribution in [2.24, 2.45) is 17.6 Å². The largest absolute Gasteiger partial charge is 0.493 e. The molecule has 1 rings (SSSR count). The maximum Gasteiger partial charge on any atom is 0.265 e.